The Morgan fingerprint density at radius 2 is 1.12 bits per heavy atom. The molecule has 0 saturated carbocycles. The van der Waals surface area contributed by atoms with Crippen molar-refractivity contribution in [3.05, 3.63) is 71.1 Å². The van der Waals surface area contributed by atoms with Gasteiger partial charge in [-0.1, -0.05) is 36.4 Å². The molecule has 0 unspecified atom stereocenters. The first kappa shape index (κ1) is 16.9. The predicted octanol–water partition coefficient (Wildman–Crippen LogP) is 3.32. The molecule has 0 amide bonds. The Hall–Kier alpha value is -3.90. The molecule has 2 aromatic carbocycles. The van der Waals surface area contributed by atoms with Crippen LogP contribution < -0.4 is 10.6 Å². The van der Waals surface area contributed by atoms with E-state index >= 15 is 0 Å². The number of allylic oxidation sites excluding steroid dienone is 2. The smallest absolute Gasteiger partial charge is 0.176 e. The Kier molecular flexibility index (Phi) is 5.39. The topological polar surface area (TPSA) is 96.4 Å². The molecule has 6 nitrogen and oxygen atoms in total. The summed E-state index contributed by atoms with van der Waals surface area (Å²) in [5.41, 5.74) is 3.42. The molecule has 0 aliphatic carbocycles. The highest BCUT2D eigenvalue weighted by Gasteiger charge is 2.06. The summed E-state index contributed by atoms with van der Waals surface area (Å²) in [5, 5.41) is 25.4. The summed E-state index contributed by atoms with van der Waals surface area (Å²) in [6.07, 6.45) is 3.14. The Bertz CT molecular complexity index is 893. The predicted molar refractivity (Wildman–Crippen MR) is 103 cm³/mol. The van der Waals surface area contributed by atoms with Crippen molar-refractivity contribution < 1.29 is 0 Å². The molecular formula is C20H16N6. The summed E-state index contributed by atoms with van der Waals surface area (Å²) in [6.45, 7) is 1.42. The lowest BCUT2D eigenvalue weighted by Gasteiger charge is -2.12. The standard InChI is InChI=1S/C20H16N6/c21-11-19-20(12-22)26-14-16-6-2-4-8-18(16)24-10-9-23-17-7-3-1-5-15(17)13-25-19/h1-8,13-14,23-24H,9-10H2/b20-19-,25-13?,26-14?. The molecule has 0 fully saturated rings. The van der Waals surface area contributed by atoms with Crippen molar-refractivity contribution in [3.63, 3.8) is 0 Å². The van der Waals surface area contributed by atoms with Gasteiger partial charge in [-0.05, 0) is 12.1 Å². The van der Waals surface area contributed by atoms with Crippen molar-refractivity contribution in [1.29, 1.82) is 10.5 Å². The van der Waals surface area contributed by atoms with Gasteiger partial charge in [-0.15, -0.1) is 0 Å². The average Bonchev–Trinajstić information content (AvgIpc) is 2.69. The third-order valence-corrected chi connectivity index (χ3v) is 3.78. The van der Waals surface area contributed by atoms with Gasteiger partial charge in [0, 0.05) is 48.0 Å². The monoisotopic (exact) mass is 340 g/mol. The maximum Gasteiger partial charge on any atom is 0.176 e. The van der Waals surface area contributed by atoms with Crippen molar-refractivity contribution in [2.24, 2.45) is 9.98 Å². The molecule has 2 N–H and O–H groups in total. The summed E-state index contributed by atoms with van der Waals surface area (Å²) in [4.78, 5) is 8.36. The summed E-state index contributed by atoms with van der Waals surface area (Å²) in [6, 6.07) is 19.2. The van der Waals surface area contributed by atoms with Crippen LogP contribution in [0.15, 0.2) is 69.9 Å². The third-order valence-electron chi connectivity index (χ3n) is 3.78. The van der Waals surface area contributed by atoms with Gasteiger partial charge < -0.3 is 10.6 Å². The van der Waals surface area contributed by atoms with Crippen molar-refractivity contribution in [1.82, 2.24) is 0 Å². The number of aliphatic imine (C=N–C) groups is 2. The van der Waals surface area contributed by atoms with Gasteiger partial charge in [-0.3, -0.25) is 0 Å². The molecular weight excluding hydrogens is 324 g/mol. The third kappa shape index (κ3) is 3.95. The van der Waals surface area contributed by atoms with Crippen LogP contribution in [0.2, 0.25) is 0 Å². The fraction of sp³-hybridized carbons (Fsp3) is 0.100. The minimum absolute atomic E-state index is 0.0268. The van der Waals surface area contributed by atoms with Gasteiger partial charge in [0.05, 0.1) is 0 Å². The van der Waals surface area contributed by atoms with E-state index < -0.39 is 0 Å². The van der Waals surface area contributed by atoms with E-state index in [1.54, 1.807) is 12.4 Å². The Balaban J connectivity index is 2.08. The molecule has 6 heteroatoms. The number of nitriles is 2. The lowest BCUT2D eigenvalue weighted by atomic mass is 10.2. The van der Waals surface area contributed by atoms with Gasteiger partial charge >= 0.3 is 0 Å². The van der Waals surface area contributed by atoms with E-state index in [1.165, 1.54) is 0 Å². The Morgan fingerprint density at radius 3 is 1.54 bits per heavy atom. The molecule has 26 heavy (non-hydrogen) atoms. The van der Waals surface area contributed by atoms with Gasteiger partial charge in [0.2, 0.25) is 0 Å². The summed E-state index contributed by atoms with van der Waals surface area (Å²) in [5.74, 6) is 0. The number of fused-ring (bicyclic) bond motifs is 2. The van der Waals surface area contributed by atoms with Gasteiger partial charge in [-0.25, -0.2) is 9.98 Å². The summed E-state index contributed by atoms with van der Waals surface area (Å²) in [7, 11) is 0. The molecule has 2 aromatic rings. The van der Waals surface area contributed by atoms with E-state index in [9.17, 15) is 10.5 Å². The molecule has 3 rings (SSSR count). The molecule has 0 spiro atoms. The first-order chi connectivity index (χ1) is 12.8. The van der Waals surface area contributed by atoms with E-state index in [-0.39, 0.29) is 11.4 Å². The number of anilines is 2. The maximum atomic E-state index is 9.37. The summed E-state index contributed by atoms with van der Waals surface area (Å²) >= 11 is 0. The highest BCUT2D eigenvalue weighted by atomic mass is 15.0. The number of hydrogen-bond donors (Lipinski definition) is 2. The minimum Gasteiger partial charge on any atom is -0.383 e. The number of rotatable bonds is 0. The van der Waals surface area contributed by atoms with Crippen LogP contribution in [0, 0.1) is 22.7 Å². The molecule has 1 aliphatic rings. The minimum atomic E-state index is -0.0268. The van der Waals surface area contributed by atoms with Gasteiger partial charge in [0.15, 0.2) is 11.4 Å². The van der Waals surface area contributed by atoms with Crippen LogP contribution >= 0.6 is 0 Å². The maximum absolute atomic E-state index is 9.37. The molecule has 1 heterocycles. The van der Waals surface area contributed by atoms with Crippen LogP contribution in [-0.2, 0) is 0 Å². The van der Waals surface area contributed by atoms with E-state index in [1.807, 2.05) is 60.7 Å². The highest BCUT2D eigenvalue weighted by Crippen LogP contribution is 2.17. The molecule has 0 saturated heterocycles. The van der Waals surface area contributed by atoms with Gasteiger partial charge in [0.25, 0.3) is 0 Å². The second-order valence-corrected chi connectivity index (χ2v) is 5.47. The number of para-hydroxylation sites is 2. The van der Waals surface area contributed by atoms with E-state index in [0.717, 1.165) is 22.5 Å². The largest absolute Gasteiger partial charge is 0.383 e. The average molecular weight is 340 g/mol. The van der Waals surface area contributed by atoms with Crippen LogP contribution in [0.5, 0.6) is 0 Å². The first-order valence-electron chi connectivity index (χ1n) is 8.10. The number of nitrogens with one attached hydrogen (secondary N) is 2. The van der Waals surface area contributed by atoms with Crippen LogP contribution in [0.1, 0.15) is 11.1 Å². The van der Waals surface area contributed by atoms with Crippen LogP contribution in [0.3, 0.4) is 0 Å². The van der Waals surface area contributed by atoms with E-state index in [0.29, 0.717) is 13.1 Å². The molecule has 0 bridgehead atoms. The number of nitrogens with zero attached hydrogens (tertiary/aromatic N) is 4. The summed E-state index contributed by atoms with van der Waals surface area (Å²) < 4.78 is 0. The van der Waals surface area contributed by atoms with Crippen LogP contribution in [0.4, 0.5) is 11.4 Å². The Morgan fingerprint density at radius 1 is 0.692 bits per heavy atom. The molecule has 0 aromatic heterocycles. The second kappa shape index (κ2) is 8.27. The fourth-order valence-corrected chi connectivity index (χ4v) is 2.49. The SMILES string of the molecule is N#C/C1=C(\C#N)N=Cc2ccccc2NCCNc2ccccc2C=N1. The number of hydrogen-bond acceptors (Lipinski definition) is 6. The van der Waals surface area contributed by atoms with Crippen LogP contribution in [0.25, 0.3) is 0 Å². The van der Waals surface area contributed by atoms with Gasteiger partial charge in [-0.2, -0.15) is 10.5 Å². The zero-order valence-corrected chi connectivity index (χ0v) is 14.0. The van der Waals surface area contributed by atoms with Gasteiger partial charge in [0.1, 0.15) is 12.1 Å². The molecule has 1 aliphatic heterocycles. The molecule has 0 atom stereocenters. The van der Waals surface area contributed by atoms with E-state index in [2.05, 4.69) is 20.6 Å². The van der Waals surface area contributed by atoms with Crippen molar-refractivity contribution in [2.75, 3.05) is 23.7 Å². The normalized spacial score (nSPS) is 16.7. The lowest BCUT2D eigenvalue weighted by Crippen LogP contribution is -2.15. The quantitative estimate of drug-likeness (QED) is 0.769. The van der Waals surface area contributed by atoms with Crippen molar-refractivity contribution >= 4 is 23.8 Å². The van der Waals surface area contributed by atoms with Crippen molar-refractivity contribution in [2.45, 2.75) is 0 Å². The second-order valence-electron chi connectivity index (χ2n) is 5.47. The zero-order valence-electron chi connectivity index (χ0n) is 14.0. The first-order valence-corrected chi connectivity index (χ1v) is 8.10. The zero-order chi connectivity index (χ0) is 18.2. The lowest BCUT2D eigenvalue weighted by molar-refractivity contribution is 1.08. The number of benzene rings is 2. The van der Waals surface area contributed by atoms with Crippen molar-refractivity contribution in [3.8, 4) is 12.1 Å². The van der Waals surface area contributed by atoms with E-state index in [4.69, 9.17) is 0 Å². The molecule has 0 radical (unpaired) electrons. The fourth-order valence-electron chi connectivity index (χ4n) is 2.49. The van der Waals surface area contributed by atoms with Crippen LogP contribution in [-0.4, -0.2) is 25.5 Å². The Labute approximate surface area is 151 Å². The molecule has 126 valence electrons. The highest BCUT2D eigenvalue weighted by molar-refractivity contribution is 5.90.